The Balaban J connectivity index is 2.78. The van der Waals surface area contributed by atoms with Crippen molar-refractivity contribution < 1.29 is 14.3 Å². The fraction of sp³-hybridized carbons (Fsp3) is 0.222. The van der Waals surface area contributed by atoms with Gasteiger partial charge in [-0.2, -0.15) is 0 Å². The van der Waals surface area contributed by atoms with Gasteiger partial charge in [-0.3, -0.25) is 4.79 Å². The van der Waals surface area contributed by atoms with E-state index >= 15 is 0 Å². The topological polar surface area (TPSA) is 76.5 Å². The number of furan rings is 1. The van der Waals surface area contributed by atoms with Crippen molar-refractivity contribution in [2.45, 2.75) is 13.0 Å². The van der Waals surface area contributed by atoms with Crippen LogP contribution in [0.2, 0.25) is 0 Å². The van der Waals surface area contributed by atoms with Crippen LogP contribution in [0.15, 0.2) is 28.4 Å². The Labute approximate surface area is 75.7 Å². The van der Waals surface area contributed by atoms with Gasteiger partial charge in [-0.1, -0.05) is 0 Å². The van der Waals surface area contributed by atoms with Crippen LogP contribution >= 0.6 is 0 Å². The van der Waals surface area contributed by atoms with Crippen LogP contribution < -0.4 is 5.73 Å². The summed E-state index contributed by atoms with van der Waals surface area (Å²) in [7, 11) is 0. The average molecular weight is 181 g/mol. The van der Waals surface area contributed by atoms with Gasteiger partial charge >= 0.3 is 5.97 Å². The molecule has 0 saturated carbocycles. The lowest BCUT2D eigenvalue weighted by Gasteiger charge is -2.04. The second kappa shape index (κ2) is 3.91. The van der Waals surface area contributed by atoms with E-state index in [0.29, 0.717) is 11.3 Å². The van der Waals surface area contributed by atoms with Crippen LogP contribution in [0, 0.1) is 0 Å². The van der Waals surface area contributed by atoms with E-state index in [1.807, 2.05) is 0 Å². The van der Waals surface area contributed by atoms with Gasteiger partial charge in [0.15, 0.2) is 0 Å². The molecule has 0 amide bonds. The average Bonchev–Trinajstić information content (AvgIpc) is 2.55. The summed E-state index contributed by atoms with van der Waals surface area (Å²) in [6.45, 7) is 1.65. The largest absolute Gasteiger partial charge is 0.480 e. The summed E-state index contributed by atoms with van der Waals surface area (Å²) in [5, 5.41) is 8.58. The Kier molecular flexibility index (Phi) is 2.87. The molecule has 0 spiro atoms. The monoisotopic (exact) mass is 181 g/mol. The highest BCUT2D eigenvalue weighted by molar-refractivity contribution is 5.78. The minimum Gasteiger partial charge on any atom is -0.480 e. The van der Waals surface area contributed by atoms with Gasteiger partial charge in [-0.05, 0) is 30.7 Å². The van der Waals surface area contributed by atoms with E-state index < -0.39 is 12.0 Å². The molecule has 1 rings (SSSR count). The summed E-state index contributed by atoms with van der Waals surface area (Å²) in [4.78, 5) is 10.5. The van der Waals surface area contributed by atoms with Crippen molar-refractivity contribution in [3.63, 3.8) is 0 Å². The first kappa shape index (κ1) is 9.54. The van der Waals surface area contributed by atoms with Gasteiger partial charge < -0.3 is 15.3 Å². The highest BCUT2D eigenvalue weighted by Gasteiger charge is 2.13. The summed E-state index contributed by atoms with van der Waals surface area (Å²) in [5.41, 5.74) is 5.92. The lowest BCUT2D eigenvalue weighted by molar-refractivity contribution is -0.137. The van der Waals surface area contributed by atoms with Gasteiger partial charge in [-0.15, -0.1) is 0 Å². The SMILES string of the molecule is C/C(=C\c1ccco1)C(N)C(=O)O. The van der Waals surface area contributed by atoms with Gasteiger partial charge in [0.25, 0.3) is 0 Å². The number of hydrogen-bond acceptors (Lipinski definition) is 3. The molecular formula is C9H11NO3. The normalized spacial score (nSPS) is 14.2. The highest BCUT2D eigenvalue weighted by atomic mass is 16.4. The Bertz CT molecular complexity index is 314. The minimum absolute atomic E-state index is 0.558. The standard InChI is InChI=1S/C9H11NO3/c1-6(8(10)9(11)12)5-7-3-2-4-13-7/h2-5,8H,10H2,1H3,(H,11,12)/b6-5+. The first-order valence-electron chi connectivity index (χ1n) is 3.81. The number of aliphatic carboxylic acids is 1. The molecule has 0 bridgehead atoms. The van der Waals surface area contributed by atoms with Crippen molar-refractivity contribution in [2.24, 2.45) is 5.73 Å². The molecule has 3 N–H and O–H groups in total. The molecule has 0 aliphatic carbocycles. The molecule has 1 aromatic rings. The fourth-order valence-electron chi connectivity index (χ4n) is 0.882. The third-order valence-electron chi connectivity index (χ3n) is 1.67. The predicted octanol–water partition coefficient (Wildman–Crippen LogP) is 1.09. The van der Waals surface area contributed by atoms with Crippen LogP contribution in [0.3, 0.4) is 0 Å². The summed E-state index contributed by atoms with van der Waals surface area (Å²) in [5.74, 6) is -0.436. The number of rotatable bonds is 3. The molecule has 0 saturated heterocycles. The summed E-state index contributed by atoms with van der Waals surface area (Å²) in [6.07, 6.45) is 3.13. The van der Waals surface area contributed by atoms with Crippen LogP contribution in [0.5, 0.6) is 0 Å². The highest BCUT2D eigenvalue weighted by Crippen LogP contribution is 2.08. The Morgan fingerprint density at radius 2 is 2.46 bits per heavy atom. The number of nitrogens with two attached hydrogens (primary N) is 1. The first-order valence-corrected chi connectivity index (χ1v) is 3.81. The van der Waals surface area contributed by atoms with Crippen molar-refractivity contribution in [3.05, 3.63) is 29.7 Å². The Morgan fingerprint density at radius 1 is 1.77 bits per heavy atom. The zero-order chi connectivity index (χ0) is 9.84. The maximum atomic E-state index is 10.5. The predicted molar refractivity (Wildman–Crippen MR) is 48.0 cm³/mol. The molecule has 1 heterocycles. The fourth-order valence-corrected chi connectivity index (χ4v) is 0.882. The molecule has 0 radical (unpaired) electrons. The van der Waals surface area contributed by atoms with Gasteiger partial charge in [0.2, 0.25) is 0 Å². The number of hydrogen-bond donors (Lipinski definition) is 2. The maximum absolute atomic E-state index is 10.5. The minimum atomic E-state index is -1.04. The summed E-state index contributed by atoms with van der Waals surface area (Å²) in [6, 6.07) is 2.49. The Hall–Kier alpha value is -1.55. The van der Waals surface area contributed by atoms with Gasteiger partial charge in [-0.25, -0.2) is 0 Å². The van der Waals surface area contributed by atoms with E-state index in [4.69, 9.17) is 15.3 Å². The second-order valence-corrected chi connectivity index (χ2v) is 2.72. The van der Waals surface area contributed by atoms with Crippen LogP contribution in [0.4, 0.5) is 0 Å². The van der Waals surface area contributed by atoms with Crippen molar-refractivity contribution in [1.82, 2.24) is 0 Å². The van der Waals surface area contributed by atoms with Gasteiger partial charge in [0.05, 0.1) is 6.26 Å². The third kappa shape index (κ3) is 2.45. The van der Waals surface area contributed by atoms with E-state index in [2.05, 4.69) is 0 Å². The molecule has 0 aliphatic rings. The molecule has 0 aliphatic heterocycles. The molecule has 1 unspecified atom stereocenters. The molecule has 70 valence electrons. The number of carboxylic acid groups (broad SMARTS) is 1. The molecule has 1 atom stereocenters. The van der Waals surface area contributed by atoms with Crippen molar-refractivity contribution in [1.29, 1.82) is 0 Å². The molecule has 0 aromatic carbocycles. The zero-order valence-corrected chi connectivity index (χ0v) is 7.23. The van der Waals surface area contributed by atoms with Crippen LogP contribution in [0.25, 0.3) is 6.08 Å². The van der Waals surface area contributed by atoms with E-state index in [-0.39, 0.29) is 0 Å². The van der Waals surface area contributed by atoms with E-state index in [1.165, 1.54) is 6.26 Å². The summed E-state index contributed by atoms with van der Waals surface area (Å²) < 4.78 is 5.01. The molecule has 4 heteroatoms. The van der Waals surface area contributed by atoms with Crippen molar-refractivity contribution in [3.8, 4) is 0 Å². The van der Waals surface area contributed by atoms with E-state index in [9.17, 15) is 4.79 Å². The maximum Gasteiger partial charge on any atom is 0.324 e. The van der Waals surface area contributed by atoms with Crippen molar-refractivity contribution in [2.75, 3.05) is 0 Å². The molecule has 1 aromatic heterocycles. The van der Waals surface area contributed by atoms with Gasteiger partial charge in [0, 0.05) is 0 Å². The lowest BCUT2D eigenvalue weighted by atomic mass is 10.1. The van der Waals surface area contributed by atoms with Crippen LogP contribution in [0.1, 0.15) is 12.7 Å². The van der Waals surface area contributed by atoms with Crippen molar-refractivity contribution >= 4 is 12.0 Å². The number of carboxylic acids is 1. The molecule has 13 heavy (non-hydrogen) atoms. The third-order valence-corrected chi connectivity index (χ3v) is 1.67. The molecule has 0 fully saturated rings. The number of carbonyl (C=O) groups is 1. The quantitative estimate of drug-likeness (QED) is 0.731. The first-order chi connectivity index (χ1) is 6.11. The zero-order valence-electron chi connectivity index (χ0n) is 7.23. The second-order valence-electron chi connectivity index (χ2n) is 2.72. The molecular weight excluding hydrogens is 170 g/mol. The molecule has 4 nitrogen and oxygen atoms in total. The summed E-state index contributed by atoms with van der Waals surface area (Å²) >= 11 is 0. The Morgan fingerprint density at radius 3 is 2.92 bits per heavy atom. The van der Waals surface area contributed by atoms with Crippen LogP contribution in [-0.4, -0.2) is 17.1 Å². The lowest BCUT2D eigenvalue weighted by Crippen LogP contribution is -2.30. The van der Waals surface area contributed by atoms with Gasteiger partial charge in [0.1, 0.15) is 11.8 Å². The van der Waals surface area contributed by atoms with E-state index in [1.54, 1.807) is 25.1 Å². The van der Waals surface area contributed by atoms with E-state index in [0.717, 1.165) is 0 Å². The smallest absolute Gasteiger partial charge is 0.324 e. The van der Waals surface area contributed by atoms with Crippen LogP contribution in [-0.2, 0) is 4.79 Å².